The Labute approximate surface area is 92.2 Å². The first kappa shape index (κ1) is 13.3. The first-order valence-corrected chi connectivity index (χ1v) is 4.25. The van der Waals surface area contributed by atoms with Gasteiger partial charge in [-0.05, 0) is 13.0 Å². The van der Waals surface area contributed by atoms with Crippen LogP contribution in [0.25, 0.3) is 0 Å². The minimum Gasteiger partial charge on any atom is -0.388 e. The van der Waals surface area contributed by atoms with E-state index < -0.39 is 35.5 Å². The highest BCUT2D eigenvalue weighted by atomic mass is 19.4. The van der Waals surface area contributed by atoms with Crippen molar-refractivity contribution in [1.82, 2.24) is 4.98 Å². The number of hydrogen-bond acceptors (Lipinski definition) is 3. The van der Waals surface area contributed by atoms with Crippen molar-refractivity contribution >= 4 is 6.29 Å². The molecule has 0 N–H and O–H groups in total. The van der Waals surface area contributed by atoms with E-state index in [0.717, 1.165) is 13.0 Å². The molecule has 0 atom stereocenters. The van der Waals surface area contributed by atoms with Gasteiger partial charge in [0.1, 0.15) is 5.69 Å². The summed E-state index contributed by atoms with van der Waals surface area (Å²) in [5, 5.41) is 0. The molecule has 1 rings (SSSR count). The molecule has 1 aromatic rings. The topological polar surface area (TPSA) is 39.2 Å². The van der Waals surface area contributed by atoms with Gasteiger partial charge in [-0.2, -0.15) is 0 Å². The first-order valence-electron chi connectivity index (χ1n) is 4.25. The number of pyridine rings is 1. The highest BCUT2D eigenvalue weighted by molar-refractivity contribution is 5.72. The van der Waals surface area contributed by atoms with Crippen molar-refractivity contribution < 1.29 is 31.5 Å². The largest absolute Gasteiger partial charge is 0.574 e. The van der Waals surface area contributed by atoms with Crippen LogP contribution in [0.1, 0.15) is 28.0 Å². The third-order valence-corrected chi connectivity index (χ3v) is 1.86. The third-order valence-electron chi connectivity index (χ3n) is 1.86. The molecule has 0 aromatic carbocycles. The summed E-state index contributed by atoms with van der Waals surface area (Å²) in [4.78, 5) is 13.5. The smallest absolute Gasteiger partial charge is 0.388 e. The van der Waals surface area contributed by atoms with Crippen LogP contribution in [0.3, 0.4) is 0 Å². The van der Waals surface area contributed by atoms with E-state index in [1.165, 1.54) is 0 Å². The summed E-state index contributed by atoms with van der Waals surface area (Å²) in [5.41, 5.74) is -1.73. The van der Waals surface area contributed by atoms with Crippen LogP contribution in [0.4, 0.5) is 22.0 Å². The Balaban J connectivity index is 3.29. The van der Waals surface area contributed by atoms with Gasteiger partial charge in [0.05, 0.1) is 0 Å². The summed E-state index contributed by atoms with van der Waals surface area (Å²) in [5.74, 6) is -1.04. The summed E-state index contributed by atoms with van der Waals surface area (Å²) in [6, 6.07) is 0.718. The lowest BCUT2D eigenvalue weighted by molar-refractivity contribution is -0.276. The normalized spacial score (nSPS) is 11.7. The second-order valence-corrected chi connectivity index (χ2v) is 3.03. The molecule has 3 nitrogen and oxygen atoms in total. The number of carbonyl (C=O) groups is 1. The summed E-state index contributed by atoms with van der Waals surface area (Å²) < 4.78 is 64.3. The number of aldehydes is 1. The number of carbonyl (C=O) groups excluding carboxylic acids is 1. The molecule has 0 bridgehead atoms. The minimum absolute atomic E-state index is 0.0640. The SMILES string of the molecule is Cc1c(C(F)F)cc(C=O)nc1OC(F)(F)F. The fourth-order valence-corrected chi connectivity index (χ4v) is 1.12. The van der Waals surface area contributed by atoms with Gasteiger partial charge < -0.3 is 4.74 Å². The van der Waals surface area contributed by atoms with Crippen molar-refractivity contribution in [2.45, 2.75) is 19.7 Å². The summed E-state index contributed by atoms with van der Waals surface area (Å²) >= 11 is 0. The molecule has 0 saturated carbocycles. The van der Waals surface area contributed by atoms with Crippen LogP contribution in [0, 0.1) is 6.92 Å². The molecule has 94 valence electrons. The van der Waals surface area contributed by atoms with Gasteiger partial charge in [-0.25, -0.2) is 13.8 Å². The highest BCUT2D eigenvalue weighted by Gasteiger charge is 2.33. The van der Waals surface area contributed by atoms with Gasteiger partial charge in [0.2, 0.25) is 5.88 Å². The lowest BCUT2D eigenvalue weighted by atomic mass is 10.1. The second kappa shape index (κ2) is 4.64. The standard InChI is InChI=1S/C9H6F5NO2/c1-4-6(7(10)11)2-5(3-16)15-8(4)17-9(12,13)14/h2-3,7H,1H3. The first-order chi connectivity index (χ1) is 7.74. The fraction of sp³-hybridized carbons (Fsp3) is 0.333. The van der Waals surface area contributed by atoms with Gasteiger partial charge >= 0.3 is 6.36 Å². The van der Waals surface area contributed by atoms with Crippen LogP contribution in [0.5, 0.6) is 5.88 Å². The van der Waals surface area contributed by atoms with E-state index in [1.54, 1.807) is 0 Å². The number of rotatable bonds is 3. The average molecular weight is 255 g/mol. The van der Waals surface area contributed by atoms with Crippen LogP contribution >= 0.6 is 0 Å². The lowest BCUT2D eigenvalue weighted by Gasteiger charge is -2.13. The van der Waals surface area contributed by atoms with Crippen molar-refractivity contribution in [3.8, 4) is 5.88 Å². The van der Waals surface area contributed by atoms with Crippen LogP contribution in [-0.4, -0.2) is 17.6 Å². The number of halogens is 5. The van der Waals surface area contributed by atoms with E-state index in [2.05, 4.69) is 9.72 Å². The molecule has 1 aromatic heterocycles. The second-order valence-electron chi connectivity index (χ2n) is 3.03. The zero-order chi connectivity index (χ0) is 13.2. The molecule has 0 spiro atoms. The Bertz CT molecular complexity index is 430. The summed E-state index contributed by atoms with van der Waals surface area (Å²) in [6.45, 7) is 1.00. The third kappa shape index (κ3) is 3.36. The van der Waals surface area contributed by atoms with Crippen LogP contribution in [-0.2, 0) is 0 Å². The lowest BCUT2D eigenvalue weighted by Crippen LogP contribution is -2.19. The van der Waals surface area contributed by atoms with E-state index in [0.29, 0.717) is 0 Å². The Morgan fingerprint density at radius 2 is 2.00 bits per heavy atom. The predicted molar refractivity (Wildman–Crippen MR) is 46.0 cm³/mol. The molecule has 0 radical (unpaired) electrons. The van der Waals surface area contributed by atoms with E-state index in [-0.39, 0.29) is 6.29 Å². The minimum atomic E-state index is -5.06. The molecular weight excluding hydrogens is 249 g/mol. The molecule has 0 saturated heterocycles. The number of hydrogen-bond donors (Lipinski definition) is 0. The Kier molecular flexibility index (Phi) is 3.64. The molecule has 8 heteroatoms. The van der Waals surface area contributed by atoms with Crippen LogP contribution < -0.4 is 4.74 Å². The number of aromatic nitrogens is 1. The van der Waals surface area contributed by atoms with Gasteiger partial charge in [0.25, 0.3) is 6.43 Å². The molecule has 0 fully saturated rings. The zero-order valence-corrected chi connectivity index (χ0v) is 8.39. The predicted octanol–water partition coefficient (Wildman–Crippen LogP) is 3.04. The van der Waals surface area contributed by atoms with E-state index in [4.69, 9.17) is 0 Å². The maximum Gasteiger partial charge on any atom is 0.574 e. The van der Waals surface area contributed by atoms with Gasteiger partial charge in [-0.3, -0.25) is 4.79 Å². The van der Waals surface area contributed by atoms with Gasteiger partial charge in [-0.1, -0.05) is 0 Å². The van der Waals surface area contributed by atoms with Crippen molar-refractivity contribution in [3.63, 3.8) is 0 Å². The van der Waals surface area contributed by atoms with Gasteiger partial charge in [0.15, 0.2) is 6.29 Å². The molecule has 1 heterocycles. The molecule has 0 aliphatic rings. The van der Waals surface area contributed by atoms with Crippen LogP contribution in [0.2, 0.25) is 0 Å². The zero-order valence-electron chi connectivity index (χ0n) is 8.39. The highest BCUT2D eigenvalue weighted by Crippen LogP contribution is 2.31. The van der Waals surface area contributed by atoms with Crippen molar-refractivity contribution in [1.29, 1.82) is 0 Å². The molecule has 0 unspecified atom stereocenters. The monoisotopic (exact) mass is 255 g/mol. The fourth-order valence-electron chi connectivity index (χ4n) is 1.12. The maximum atomic E-state index is 12.5. The molecule has 17 heavy (non-hydrogen) atoms. The molecule has 0 amide bonds. The number of nitrogens with zero attached hydrogens (tertiary/aromatic N) is 1. The molecule has 0 aliphatic carbocycles. The summed E-state index contributed by atoms with van der Waals surface area (Å²) in [6.07, 6.45) is -8.01. The van der Waals surface area contributed by atoms with Gasteiger partial charge in [-0.15, -0.1) is 13.2 Å². The van der Waals surface area contributed by atoms with E-state index >= 15 is 0 Å². The van der Waals surface area contributed by atoms with Crippen molar-refractivity contribution in [2.24, 2.45) is 0 Å². The number of alkyl halides is 5. The quantitative estimate of drug-likeness (QED) is 0.615. The molecule has 0 aliphatic heterocycles. The maximum absolute atomic E-state index is 12.5. The number of ether oxygens (including phenoxy) is 1. The van der Waals surface area contributed by atoms with Crippen molar-refractivity contribution in [2.75, 3.05) is 0 Å². The Hall–Kier alpha value is -1.73. The Morgan fingerprint density at radius 3 is 2.41 bits per heavy atom. The van der Waals surface area contributed by atoms with E-state index in [9.17, 15) is 26.7 Å². The Morgan fingerprint density at radius 1 is 1.41 bits per heavy atom. The van der Waals surface area contributed by atoms with Crippen molar-refractivity contribution in [3.05, 3.63) is 22.9 Å². The molecular formula is C9H6F5NO2. The van der Waals surface area contributed by atoms with E-state index in [1.807, 2.05) is 0 Å². The average Bonchev–Trinajstić information content (AvgIpc) is 2.18. The summed E-state index contributed by atoms with van der Waals surface area (Å²) in [7, 11) is 0. The van der Waals surface area contributed by atoms with Crippen LogP contribution in [0.15, 0.2) is 6.07 Å². The van der Waals surface area contributed by atoms with Gasteiger partial charge in [0, 0.05) is 11.1 Å².